The Kier molecular flexibility index (Phi) is 4.90. The van der Waals surface area contributed by atoms with Crippen molar-refractivity contribution in [1.29, 1.82) is 0 Å². The van der Waals surface area contributed by atoms with Crippen LogP contribution in [0.3, 0.4) is 0 Å². The Morgan fingerprint density at radius 2 is 1.93 bits per heavy atom. The van der Waals surface area contributed by atoms with Gasteiger partial charge in [0, 0.05) is 0 Å². The van der Waals surface area contributed by atoms with E-state index in [-0.39, 0.29) is 40.3 Å². The van der Waals surface area contributed by atoms with E-state index in [1.807, 2.05) is 0 Å². The number of rotatable bonds is 1. The van der Waals surface area contributed by atoms with Gasteiger partial charge in [-0.25, -0.2) is 8.42 Å². The van der Waals surface area contributed by atoms with Gasteiger partial charge in [-0.2, -0.15) is 0 Å². The largest absolute Gasteiger partial charge is 1.00 e. The summed E-state index contributed by atoms with van der Waals surface area (Å²) in [6, 6.07) is 2.89. The van der Waals surface area contributed by atoms with Crippen LogP contribution in [0.4, 0.5) is 5.69 Å². The van der Waals surface area contributed by atoms with E-state index in [1.54, 1.807) is 13.0 Å². The average Bonchev–Trinajstić information content (AvgIpc) is 1.95. The summed E-state index contributed by atoms with van der Waals surface area (Å²) in [7, 11) is -4.59. The second-order valence-corrected chi connectivity index (χ2v) is 4.26. The first kappa shape index (κ1) is 14.2. The summed E-state index contributed by atoms with van der Waals surface area (Å²) in [6.45, 7) is 1.59. The molecule has 0 saturated carbocycles. The van der Waals surface area contributed by atoms with Gasteiger partial charge in [-0.15, -0.1) is 0 Å². The predicted octanol–water partition coefficient (Wildman–Crippen LogP) is -1.86. The smallest absolute Gasteiger partial charge is 0.744 e. The maximum Gasteiger partial charge on any atom is 1.00 e. The third-order valence-corrected chi connectivity index (χ3v) is 3.11. The first-order chi connectivity index (χ1) is 5.84. The van der Waals surface area contributed by atoms with Gasteiger partial charge < -0.3 is 10.3 Å². The van der Waals surface area contributed by atoms with Crippen molar-refractivity contribution >= 4 is 27.4 Å². The molecule has 0 amide bonds. The number of nitrogen functional groups attached to an aromatic ring is 1. The molecule has 0 heterocycles. The molecule has 0 atom stereocenters. The van der Waals surface area contributed by atoms with E-state index < -0.39 is 15.0 Å². The molecule has 14 heavy (non-hydrogen) atoms. The first-order valence-corrected chi connectivity index (χ1v) is 5.13. The molecule has 1 aromatic carbocycles. The average molecular weight is 244 g/mol. The quantitative estimate of drug-likeness (QED) is 0.356. The zero-order chi connectivity index (χ0) is 10.2. The molecule has 4 nitrogen and oxygen atoms in total. The van der Waals surface area contributed by atoms with Crippen molar-refractivity contribution in [3.63, 3.8) is 0 Å². The van der Waals surface area contributed by atoms with E-state index in [2.05, 4.69) is 0 Å². The van der Waals surface area contributed by atoms with Gasteiger partial charge in [0.1, 0.15) is 10.1 Å². The molecule has 0 radical (unpaired) electrons. The van der Waals surface area contributed by atoms with Crippen molar-refractivity contribution in [1.82, 2.24) is 0 Å². The number of halogens is 1. The van der Waals surface area contributed by atoms with Gasteiger partial charge in [0.25, 0.3) is 0 Å². The zero-order valence-electron chi connectivity index (χ0n) is 7.74. The molecular formula is C7H7ClNNaO3S. The van der Waals surface area contributed by atoms with Crippen LogP contribution in [-0.4, -0.2) is 13.0 Å². The molecule has 0 unspecified atom stereocenters. The van der Waals surface area contributed by atoms with Gasteiger partial charge in [0.2, 0.25) is 0 Å². The van der Waals surface area contributed by atoms with Crippen LogP contribution in [0.1, 0.15) is 5.56 Å². The Morgan fingerprint density at radius 1 is 1.43 bits per heavy atom. The van der Waals surface area contributed by atoms with Crippen LogP contribution in [0.15, 0.2) is 17.0 Å². The van der Waals surface area contributed by atoms with Gasteiger partial charge in [0.15, 0.2) is 0 Å². The number of anilines is 1. The van der Waals surface area contributed by atoms with E-state index >= 15 is 0 Å². The predicted molar refractivity (Wildman–Crippen MR) is 48.6 cm³/mol. The van der Waals surface area contributed by atoms with Crippen LogP contribution in [0.5, 0.6) is 0 Å². The SMILES string of the molecule is Cc1ccc(N)c(S(=O)(=O)[O-])c1Cl.[Na+]. The fourth-order valence-corrected chi connectivity index (χ4v) is 2.12. The van der Waals surface area contributed by atoms with E-state index in [9.17, 15) is 13.0 Å². The summed E-state index contributed by atoms with van der Waals surface area (Å²) in [5.74, 6) is 0. The van der Waals surface area contributed by atoms with Crippen LogP contribution in [0.2, 0.25) is 5.02 Å². The summed E-state index contributed by atoms with van der Waals surface area (Å²) in [5.41, 5.74) is 5.70. The number of benzene rings is 1. The van der Waals surface area contributed by atoms with Crippen molar-refractivity contribution in [3.05, 3.63) is 22.7 Å². The van der Waals surface area contributed by atoms with Crippen molar-refractivity contribution in [2.24, 2.45) is 0 Å². The van der Waals surface area contributed by atoms with Crippen LogP contribution in [0.25, 0.3) is 0 Å². The molecule has 7 heteroatoms. The summed E-state index contributed by atoms with van der Waals surface area (Å²) in [4.78, 5) is -0.533. The molecule has 1 rings (SSSR count). The summed E-state index contributed by atoms with van der Waals surface area (Å²) in [6.07, 6.45) is 0. The van der Waals surface area contributed by atoms with Gasteiger partial charge in [-0.3, -0.25) is 0 Å². The number of aryl methyl sites for hydroxylation is 1. The van der Waals surface area contributed by atoms with E-state index in [1.165, 1.54) is 6.07 Å². The summed E-state index contributed by atoms with van der Waals surface area (Å²) >= 11 is 5.62. The molecule has 0 fully saturated rings. The third-order valence-electron chi connectivity index (χ3n) is 1.57. The Balaban J connectivity index is 0.00000169. The van der Waals surface area contributed by atoms with E-state index in [0.29, 0.717) is 5.56 Å². The Bertz CT molecular complexity index is 446. The second kappa shape index (κ2) is 4.83. The third kappa shape index (κ3) is 2.85. The molecule has 0 aliphatic carbocycles. The van der Waals surface area contributed by atoms with Crippen molar-refractivity contribution < 1.29 is 42.5 Å². The molecular weight excluding hydrogens is 237 g/mol. The number of hydrogen-bond donors (Lipinski definition) is 1. The minimum Gasteiger partial charge on any atom is -0.744 e. The standard InChI is InChI=1S/C7H8ClNO3S.Na/c1-4-2-3-5(9)7(6(4)8)13(10,11)12;/h2-3H,9H2,1H3,(H,10,11,12);/q;+1/p-1. The normalized spacial score (nSPS) is 10.8. The van der Waals surface area contributed by atoms with Crippen molar-refractivity contribution in [2.45, 2.75) is 11.8 Å². The van der Waals surface area contributed by atoms with Crippen LogP contribution in [-0.2, 0) is 10.1 Å². The maximum absolute atomic E-state index is 10.7. The minimum absolute atomic E-state index is 0. The Morgan fingerprint density at radius 3 is 2.29 bits per heavy atom. The molecule has 0 saturated heterocycles. The van der Waals surface area contributed by atoms with E-state index in [4.69, 9.17) is 17.3 Å². The van der Waals surface area contributed by atoms with Crippen molar-refractivity contribution in [2.75, 3.05) is 5.73 Å². The molecule has 0 aliphatic rings. The fourth-order valence-electron chi connectivity index (χ4n) is 0.924. The van der Waals surface area contributed by atoms with Gasteiger partial charge in [0.05, 0.1) is 15.6 Å². The van der Waals surface area contributed by atoms with Crippen LogP contribution in [0, 0.1) is 6.92 Å². The molecule has 0 aliphatic heterocycles. The fraction of sp³-hybridized carbons (Fsp3) is 0.143. The van der Waals surface area contributed by atoms with E-state index in [0.717, 1.165) is 0 Å². The molecule has 0 aromatic heterocycles. The van der Waals surface area contributed by atoms with Crippen molar-refractivity contribution in [3.8, 4) is 0 Å². The summed E-state index contributed by atoms with van der Waals surface area (Å²) in [5, 5.41) is -0.102. The monoisotopic (exact) mass is 243 g/mol. The minimum atomic E-state index is -4.59. The van der Waals surface area contributed by atoms with Gasteiger partial charge in [-0.05, 0) is 18.6 Å². The number of nitrogens with two attached hydrogens (primary N) is 1. The Hall–Kier alpha value is 0.220. The molecule has 72 valence electrons. The molecule has 0 bridgehead atoms. The number of hydrogen-bond acceptors (Lipinski definition) is 4. The first-order valence-electron chi connectivity index (χ1n) is 3.34. The Labute approximate surface area is 109 Å². The summed E-state index contributed by atoms with van der Waals surface area (Å²) < 4.78 is 32.1. The maximum atomic E-state index is 10.7. The second-order valence-electron chi connectivity index (χ2n) is 2.57. The van der Waals surface area contributed by atoms with Crippen LogP contribution < -0.4 is 35.3 Å². The van der Waals surface area contributed by atoms with Crippen LogP contribution >= 0.6 is 11.6 Å². The molecule has 0 spiro atoms. The molecule has 2 N–H and O–H groups in total. The van der Waals surface area contributed by atoms with Gasteiger partial charge >= 0.3 is 29.6 Å². The topological polar surface area (TPSA) is 83.2 Å². The van der Waals surface area contributed by atoms with Gasteiger partial charge in [-0.1, -0.05) is 17.7 Å². The zero-order valence-corrected chi connectivity index (χ0v) is 11.3. The molecule has 1 aromatic rings.